The van der Waals surface area contributed by atoms with Crippen LogP contribution in [0.5, 0.6) is 5.75 Å². The molecule has 4 rings (SSSR count). The molecule has 4 aromatic rings. The first kappa shape index (κ1) is 25.1. The molecule has 1 aromatic heterocycles. The Labute approximate surface area is 209 Å². The van der Waals surface area contributed by atoms with Crippen LogP contribution in [0.3, 0.4) is 0 Å². The van der Waals surface area contributed by atoms with E-state index in [0.717, 1.165) is 16.1 Å². The minimum absolute atomic E-state index is 0.225. The van der Waals surface area contributed by atoms with E-state index in [9.17, 15) is 18.0 Å². The van der Waals surface area contributed by atoms with Gasteiger partial charge in [-0.25, -0.2) is 9.97 Å². The molecule has 0 fully saturated rings. The molecule has 10 heteroatoms. The summed E-state index contributed by atoms with van der Waals surface area (Å²) < 4.78 is 41.3. The number of rotatable bonds is 7. The van der Waals surface area contributed by atoms with Crippen LogP contribution in [0.2, 0.25) is 0 Å². The SMILES string of the molecule is CSc1cnc(Nc2ccc(C(=O)Nc3ccccc3C)cc2)nc1-c1ccc(OC(F)(F)F)cc1. The lowest BCUT2D eigenvalue weighted by molar-refractivity contribution is -0.274. The highest BCUT2D eigenvalue weighted by Crippen LogP contribution is 2.31. The number of aromatic nitrogens is 2. The van der Waals surface area contributed by atoms with E-state index in [0.29, 0.717) is 28.5 Å². The lowest BCUT2D eigenvalue weighted by Gasteiger charge is -2.12. The third-order valence-corrected chi connectivity index (χ3v) is 5.87. The molecule has 0 radical (unpaired) electrons. The van der Waals surface area contributed by atoms with Crippen LogP contribution >= 0.6 is 11.8 Å². The second kappa shape index (κ2) is 10.7. The number of anilines is 3. The number of ether oxygens (including phenoxy) is 1. The lowest BCUT2D eigenvalue weighted by atomic mass is 10.1. The Bertz CT molecular complexity index is 1360. The van der Waals surface area contributed by atoms with Crippen LogP contribution in [0, 0.1) is 6.92 Å². The van der Waals surface area contributed by atoms with Gasteiger partial charge in [-0.3, -0.25) is 4.79 Å². The number of carbonyl (C=O) groups excluding carboxylic acids is 1. The standard InChI is InChI=1S/C26H21F3N4O2S/c1-16-5-3-4-6-21(16)32-24(34)18-7-11-19(12-8-18)31-25-30-15-22(36-2)23(33-25)17-9-13-20(14-10-17)35-26(27,28)29/h3-15H,1-2H3,(H,32,34)(H,30,31,33). The maximum Gasteiger partial charge on any atom is 0.573 e. The van der Waals surface area contributed by atoms with Crippen LogP contribution in [0.25, 0.3) is 11.3 Å². The molecule has 36 heavy (non-hydrogen) atoms. The number of halogens is 3. The molecule has 184 valence electrons. The van der Waals surface area contributed by atoms with Crippen molar-refractivity contribution in [2.24, 2.45) is 0 Å². The first-order chi connectivity index (χ1) is 17.2. The van der Waals surface area contributed by atoms with Crippen LogP contribution in [-0.4, -0.2) is 28.5 Å². The first-order valence-corrected chi connectivity index (χ1v) is 12.0. The molecule has 0 saturated heterocycles. The van der Waals surface area contributed by atoms with Crippen molar-refractivity contribution in [1.82, 2.24) is 9.97 Å². The number of benzene rings is 3. The number of carbonyl (C=O) groups is 1. The number of aryl methyl sites for hydroxylation is 1. The molecule has 1 amide bonds. The minimum atomic E-state index is -4.76. The summed E-state index contributed by atoms with van der Waals surface area (Å²) >= 11 is 1.42. The molecular formula is C26H21F3N4O2S. The van der Waals surface area contributed by atoms with E-state index in [2.05, 4.69) is 25.3 Å². The Kier molecular flexibility index (Phi) is 7.44. The number of thioether (sulfide) groups is 1. The fraction of sp³-hybridized carbons (Fsp3) is 0.115. The van der Waals surface area contributed by atoms with Crippen molar-refractivity contribution in [3.63, 3.8) is 0 Å². The van der Waals surface area contributed by atoms with Gasteiger partial charge in [0.1, 0.15) is 5.75 Å². The molecule has 2 N–H and O–H groups in total. The van der Waals surface area contributed by atoms with Gasteiger partial charge < -0.3 is 15.4 Å². The molecule has 0 bridgehead atoms. The van der Waals surface area contributed by atoms with Gasteiger partial charge in [-0.05, 0) is 73.3 Å². The molecule has 3 aromatic carbocycles. The average Bonchev–Trinajstić information content (AvgIpc) is 2.85. The van der Waals surface area contributed by atoms with Crippen molar-refractivity contribution in [3.05, 3.63) is 90.1 Å². The number of alkyl halides is 3. The quantitative estimate of drug-likeness (QED) is 0.259. The number of nitrogens with one attached hydrogen (secondary N) is 2. The molecule has 0 atom stereocenters. The van der Waals surface area contributed by atoms with Crippen molar-refractivity contribution < 1.29 is 22.7 Å². The van der Waals surface area contributed by atoms with Crippen molar-refractivity contribution in [2.45, 2.75) is 18.2 Å². The van der Waals surface area contributed by atoms with Gasteiger partial charge in [0.25, 0.3) is 5.91 Å². The minimum Gasteiger partial charge on any atom is -0.406 e. The van der Waals surface area contributed by atoms with E-state index in [1.165, 1.54) is 36.0 Å². The molecule has 0 unspecified atom stereocenters. The third-order valence-electron chi connectivity index (χ3n) is 5.13. The summed E-state index contributed by atoms with van der Waals surface area (Å²) in [6.07, 6.45) is -1.26. The van der Waals surface area contributed by atoms with Crippen LogP contribution in [0.15, 0.2) is 83.9 Å². The predicted octanol–water partition coefficient (Wildman–Crippen LogP) is 7.07. The highest BCUT2D eigenvalue weighted by molar-refractivity contribution is 7.98. The van der Waals surface area contributed by atoms with Gasteiger partial charge in [-0.15, -0.1) is 24.9 Å². The normalized spacial score (nSPS) is 11.1. The number of hydrogen-bond acceptors (Lipinski definition) is 6. The van der Waals surface area contributed by atoms with Crippen molar-refractivity contribution in [1.29, 1.82) is 0 Å². The van der Waals surface area contributed by atoms with Gasteiger partial charge in [0.2, 0.25) is 5.95 Å². The summed E-state index contributed by atoms with van der Waals surface area (Å²) in [4.78, 5) is 22.2. The summed E-state index contributed by atoms with van der Waals surface area (Å²) in [7, 11) is 0. The van der Waals surface area contributed by atoms with Gasteiger partial charge in [0.05, 0.1) is 10.6 Å². The fourth-order valence-electron chi connectivity index (χ4n) is 3.34. The molecule has 6 nitrogen and oxygen atoms in total. The van der Waals surface area contributed by atoms with Gasteiger partial charge in [-0.1, -0.05) is 18.2 Å². The van der Waals surface area contributed by atoms with Crippen molar-refractivity contribution in [3.8, 4) is 17.0 Å². The molecule has 0 spiro atoms. The average molecular weight is 511 g/mol. The Morgan fingerprint density at radius 2 is 1.67 bits per heavy atom. The van der Waals surface area contributed by atoms with Gasteiger partial charge in [0, 0.05) is 28.7 Å². The second-order valence-electron chi connectivity index (χ2n) is 7.65. The number of amides is 1. The Morgan fingerprint density at radius 3 is 2.31 bits per heavy atom. The lowest BCUT2D eigenvalue weighted by Crippen LogP contribution is -2.16. The summed E-state index contributed by atoms with van der Waals surface area (Å²) in [5.41, 5.74) is 4.05. The van der Waals surface area contributed by atoms with Crippen molar-refractivity contribution in [2.75, 3.05) is 16.9 Å². The molecule has 0 aliphatic heterocycles. The zero-order chi connectivity index (χ0) is 25.7. The van der Waals surface area contributed by atoms with E-state index in [1.807, 2.05) is 37.4 Å². The number of nitrogens with zero attached hydrogens (tertiary/aromatic N) is 2. The molecule has 0 saturated carbocycles. The zero-order valence-electron chi connectivity index (χ0n) is 19.3. The largest absolute Gasteiger partial charge is 0.573 e. The van der Waals surface area contributed by atoms with Crippen LogP contribution < -0.4 is 15.4 Å². The van der Waals surface area contributed by atoms with Crippen LogP contribution in [0.4, 0.5) is 30.5 Å². The molecule has 1 heterocycles. The van der Waals surface area contributed by atoms with Crippen molar-refractivity contribution >= 4 is 35.0 Å². The number of hydrogen-bond donors (Lipinski definition) is 2. The second-order valence-corrected chi connectivity index (χ2v) is 8.50. The Balaban J connectivity index is 1.49. The number of para-hydroxylation sites is 1. The molecule has 0 aliphatic carbocycles. The summed E-state index contributed by atoms with van der Waals surface area (Å²) in [5.74, 6) is -0.233. The van der Waals surface area contributed by atoms with E-state index in [-0.39, 0.29) is 11.7 Å². The van der Waals surface area contributed by atoms with E-state index in [1.54, 1.807) is 30.5 Å². The predicted molar refractivity (Wildman–Crippen MR) is 135 cm³/mol. The van der Waals surface area contributed by atoms with E-state index >= 15 is 0 Å². The third kappa shape index (κ3) is 6.33. The molecular weight excluding hydrogens is 489 g/mol. The van der Waals surface area contributed by atoms with Gasteiger partial charge in [0.15, 0.2) is 0 Å². The Hall–Kier alpha value is -4.05. The summed E-state index contributed by atoms with van der Waals surface area (Å²) in [5, 5.41) is 5.99. The monoisotopic (exact) mass is 510 g/mol. The van der Waals surface area contributed by atoms with Gasteiger partial charge >= 0.3 is 6.36 Å². The summed E-state index contributed by atoms with van der Waals surface area (Å²) in [6, 6.07) is 19.9. The maximum atomic E-state index is 12.6. The summed E-state index contributed by atoms with van der Waals surface area (Å²) in [6.45, 7) is 1.92. The first-order valence-electron chi connectivity index (χ1n) is 10.7. The van der Waals surface area contributed by atoms with Gasteiger partial charge in [-0.2, -0.15) is 0 Å². The zero-order valence-corrected chi connectivity index (χ0v) is 20.1. The van der Waals surface area contributed by atoms with Crippen LogP contribution in [0.1, 0.15) is 15.9 Å². The van der Waals surface area contributed by atoms with Crippen LogP contribution in [-0.2, 0) is 0 Å². The smallest absolute Gasteiger partial charge is 0.406 e. The highest BCUT2D eigenvalue weighted by Gasteiger charge is 2.31. The maximum absolute atomic E-state index is 12.6. The van der Waals surface area contributed by atoms with E-state index < -0.39 is 6.36 Å². The van der Waals surface area contributed by atoms with E-state index in [4.69, 9.17) is 0 Å². The molecule has 0 aliphatic rings. The highest BCUT2D eigenvalue weighted by atomic mass is 32.2. The Morgan fingerprint density at radius 1 is 0.972 bits per heavy atom. The fourth-order valence-corrected chi connectivity index (χ4v) is 3.86. The topological polar surface area (TPSA) is 76.1 Å².